The topological polar surface area (TPSA) is 60.5 Å². The number of hydrogen-bond donors (Lipinski definition) is 0. The maximum Gasteiger partial charge on any atom is 0.312 e. The van der Waals surface area contributed by atoms with Gasteiger partial charge in [0.05, 0.1) is 10.2 Å². The number of aromatic nitrogens is 1. The summed E-state index contributed by atoms with van der Waals surface area (Å²) in [4.78, 5) is 9.26. The van der Waals surface area contributed by atoms with Gasteiger partial charge >= 0.3 is 5.19 Å². The van der Waals surface area contributed by atoms with Gasteiger partial charge in [-0.25, -0.2) is 4.98 Å². The fraction of sp³-hybridized carbons (Fsp3) is 0.125. The van der Waals surface area contributed by atoms with Crippen LogP contribution in [-0.4, -0.2) is 16.9 Å². The predicted octanol–water partition coefficient (Wildman–Crippen LogP) is 2.18. The van der Waals surface area contributed by atoms with E-state index in [1.54, 1.807) is 0 Å². The fourth-order valence-electron chi connectivity index (χ4n) is 0.983. The van der Waals surface area contributed by atoms with Crippen LogP contribution in [0.1, 0.15) is 0 Å². The Morgan fingerprint density at radius 3 is 3.00 bits per heavy atom. The summed E-state index contributed by atoms with van der Waals surface area (Å²) in [6.45, 7) is 0. The summed E-state index contributed by atoms with van der Waals surface area (Å²) in [5.41, 5.74) is 0.844. The Morgan fingerprint density at radius 2 is 2.29 bits per heavy atom. The van der Waals surface area contributed by atoms with Crippen molar-refractivity contribution in [1.82, 2.24) is 4.98 Å². The van der Waals surface area contributed by atoms with Gasteiger partial charge in [-0.3, -0.25) is 4.84 Å². The molecular weight excluding hydrogens is 202 g/mol. The van der Waals surface area contributed by atoms with Gasteiger partial charge in [0.2, 0.25) is 5.28 Å². The zero-order valence-corrected chi connectivity index (χ0v) is 8.19. The average molecular weight is 209 g/mol. The lowest BCUT2D eigenvalue weighted by atomic mass is 10.3. The molecule has 6 heteroatoms. The van der Waals surface area contributed by atoms with Gasteiger partial charge in [0.1, 0.15) is 0 Å². The van der Waals surface area contributed by atoms with E-state index in [4.69, 9.17) is 4.84 Å². The molecule has 0 spiro atoms. The third kappa shape index (κ3) is 1.80. The summed E-state index contributed by atoms with van der Waals surface area (Å²) in [6, 6.07) is 7.62. The van der Waals surface area contributed by atoms with Gasteiger partial charge < -0.3 is 5.21 Å². The van der Waals surface area contributed by atoms with Gasteiger partial charge in [0.25, 0.3) is 0 Å². The van der Waals surface area contributed by atoms with Gasteiger partial charge in [-0.1, -0.05) is 28.3 Å². The summed E-state index contributed by atoms with van der Waals surface area (Å²) in [5.74, 6) is 0. The Bertz CT molecular complexity index is 443. The maximum absolute atomic E-state index is 10.4. The van der Waals surface area contributed by atoms with Gasteiger partial charge in [0, 0.05) is 0 Å². The van der Waals surface area contributed by atoms with Crippen LogP contribution in [0.3, 0.4) is 0 Å². The van der Waals surface area contributed by atoms with Crippen LogP contribution in [0, 0.1) is 5.21 Å². The van der Waals surface area contributed by atoms with Crippen molar-refractivity contribution in [2.24, 2.45) is 5.28 Å². The first-order valence-corrected chi connectivity index (χ1v) is 4.72. The lowest BCUT2D eigenvalue weighted by molar-refractivity contribution is -0.522. The summed E-state index contributed by atoms with van der Waals surface area (Å²) in [5, 5.41) is 14.0. The van der Waals surface area contributed by atoms with E-state index in [9.17, 15) is 5.21 Å². The quantitative estimate of drug-likeness (QED) is 0.432. The molecule has 0 N–H and O–H groups in total. The van der Waals surface area contributed by atoms with E-state index in [1.165, 1.54) is 18.4 Å². The first-order chi connectivity index (χ1) is 6.75. The molecule has 0 fully saturated rings. The highest BCUT2D eigenvalue weighted by molar-refractivity contribution is 7.20. The molecule has 14 heavy (non-hydrogen) atoms. The highest BCUT2D eigenvalue weighted by Crippen LogP contribution is 2.27. The minimum absolute atomic E-state index is 0.339. The van der Waals surface area contributed by atoms with Gasteiger partial charge in [-0.05, 0) is 12.1 Å². The van der Waals surface area contributed by atoms with Crippen molar-refractivity contribution in [3.63, 3.8) is 0 Å². The molecule has 0 bridgehead atoms. The van der Waals surface area contributed by atoms with Crippen molar-refractivity contribution >= 4 is 21.6 Å². The molecule has 0 atom stereocenters. The van der Waals surface area contributed by atoms with E-state index in [-0.39, 0.29) is 0 Å². The number of hydrogen-bond acceptors (Lipinski definition) is 5. The van der Waals surface area contributed by atoms with Gasteiger partial charge in [0.15, 0.2) is 7.05 Å². The molecule has 1 aromatic carbocycles. The van der Waals surface area contributed by atoms with Crippen molar-refractivity contribution in [3.05, 3.63) is 29.5 Å². The van der Waals surface area contributed by atoms with Crippen LogP contribution in [0.5, 0.6) is 5.19 Å². The molecule has 2 aromatic rings. The fourth-order valence-corrected chi connectivity index (χ4v) is 1.75. The molecule has 2 rings (SSSR count). The smallest absolute Gasteiger partial charge is 0.312 e. The Kier molecular flexibility index (Phi) is 2.28. The van der Waals surface area contributed by atoms with Crippen molar-refractivity contribution in [2.75, 3.05) is 7.05 Å². The summed E-state index contributed by atoms with van der Waals surface area (Å²) in [7, 11) is 1.24. The molecule has 0 unspecified atom stereocenters. The number of hydroxylamine groups is 1. The summed E-state index contributed by atoms with van der Waals surface area (Å²) < 4.78 is 1.01. The van der Waals surface area contributed by atoms with Crippen molar-refractivity contribution in [3.8, 4) is 5.19 Å². The van der Waals surface area contributed by atoms with Crippen LogP contribution in [-0.2, 0) is 0 Å². The number of rotatable bonds is 2. The minimum atomic E-state index is 0.339. The molecule has 0 aliphatic heterocycles. The third-order valence-electron chi connectivity index (χ3n) is 1.51. The van der Waals surface area contributed by atoms with Crippen molar-refractivity contribution in [2.45, 2.75) is 0 Å². The zero-order valence-electron chi connectivity index (χ0n) is 7.38. The van der Waals surface area contributed by atoms with E-state index in [0.717, 1.165) is 10.2 Å². The summed E-state index contributed by atoms with van der Waals surface area (Å²) >= 11 is 1.35. The Hall–Kier alpha value is -1.69. The van der Waals surface area contributed by atoms with E-state index < -0.39 is 0 Å². The molecular formula is C8H7N3O2S. The molecule has 0 amide bonds. The molecule has 72 valence electrons. The van der Waals surface area contributed by atoms with Crippen LogP contribution in [0.4, 0.5) is 0 Å². The Balaban J connectivity index is 2.31. The molecule has 1 heterocycles. The SMILES string of the molecule is C[N+]([O-])=NOc1nc2ccccc2s1. The van der Waals surface area contributed by atoms with Crippen LogP contribution in [0.25, 0.3) is 10.2 Å². The predicted molar refractivity (Wildman–Crippen MR) is 52.2 cm³/mol. The number of fused-ring (bicyclic) bond motifs is 1. The molecule has 0 aliphatic carbocycles. The molecule has 0 saturated carbocycles. The zero-order chi connectivity index (χ0) is 9.97. The monoisotopic (exact) mass is 209 g/mol. The van der Waals surface area contributed by atoms with E-state index in [0.29, 0.717) is 10.1 Å². The summed E-state index contributed by atoms with van der Waals surface area (Å²) in [6.07, 6.45) is 0. The van der Waals surface area contributed by atoms with Crippen LogP contribution in [0.2, 0.25) is 0 Å². The Labute approximate surface area is 83.8 Å². The maximum atomic E-state index is 10.4. The lowest BCUT2D eigenvalue weighted by Gasteiger charge is -1.88. The normalized spacial score (nSPS) is 11.9. The van der Waals surface area contributed by atoms with Crippen molar-refractivity contribution in [1.29, 1.82) is 0 Å². The van der Waals surface area contributed by atoms with Crippen LogP contribution in [0.15, 0.2) is 29.5 Å². The van der Waals surface area contributed by atoms with Crippen molar-refractivity contribution < 1.29 is 9.70 Å². The highest BCUT2D eigenvalue weighted by atomic mass is 32.1. The third-order valence-corrected chi connectivity index (χ3v) is 2.41. The number of thiazole rings is 1. The molecule has 0 radical (unpaired) electrons. The minimum Gasteiger partial charge on any atom is -0.598 e. The first-order valence-electron chi connectivity index (χ1n) is 3.90. The van der Waals surface area contributed by atoms with E-state index >= 15 is 0 Å². The van der Waals surface area contributed by atoms with E-state index in [1.807, 2.05) is 24.3 Å². The standard InChI is InChI=1S/C8H7N3O2S/c1-11(12)10-13-8-9-6-4-2-3-5-7(6)14-8/h2-5H,1H3. The number of benzene rings is 1. The second-order valence-electron chi connectivity index (χ2n) is 2.58. The molecule has 5 nitrogen and oxygen atoms in total. The second kappa shape index (κ2) is 3.59. The largest absolute Gasteiger partial charge is 0.598 e. The van der Waals surface area contributed by atoms with E-state index in [2.05, 4.69) is 10.3 Å². The second-order valence-corrected chi connectivity index (χ2v) is 3.58. The number of para-hydroxylation sites is 1. The highest BCUT2D eigenvalue weighted by Gasteiger charge is 2.04. The molecule has 0 aliphatic rings. The van der Waals surface area contributed by atoms with Crippen LogP contribution >= 0.6 is 11.3 Å². The van der Waals surface area contributed by atoms with Gasteiger partial charge in [-0.2, -0.15) is 0 Å². The number of nitrogens with zero attached hydrogens (tertiary/aromatic N) is 3. The first kappa shape index (κ1) is 8.89. The lowest BCUT2D eigenvalue weighted by Crippen LogP contribution is -1.93. The molecule has 0 saturated heterocycles. The van der Waals surface area contributed by atoms with Crippen LogP contribution < -0.4 is 4.84 Å². The molecule has 1 aromatic heterocycles. The van der Waals surface area contributed by atoms with Gasteiger partial charge in [-0.15, -0.1) is 0 Å². The Morgan fingerprint density at radius 1 is 1.50 bits per heavy atom. The average Bonchev–Trinajstić information content (AvgIpc) is 2.57.